The van der Waals surface area contributed by atoms with Gasteiger partial charge < -0.3 is 14.1 Å². The fourth-order valence-electron chi connectivity index (χ4n) is 2.39. The van der Waals surface area contributed by atoms with Gasteiger partial charge in [-0.1, -0.05) is 0 Å². The van der Waals surface area contributed by atoms with Crippen LogP contribution in [-0.4, -0.2) is 19.7 Å². The first kappa shape index (κ1) is 14.9. The van der Waals surface area contributed by atoms with Gasteiger partial charge in [0.15, 0.2) is 5.56 Å². The predicted octanol–water partition coefficient (Wildman–Crippen LogP) is 2.91. The van der Waals surface area contributed by atoms with Crippen molar-refractivity contribution in [3.63, 3.8) is 0 Å². The molecule has 1 heterocycles. The van der Waals surface area contributed by atoms with E-state index in [0.717, 1.165) is 5.39 Å². The maximum atomic E-state index is 12.0. The second-order valence-electron chi connectivity index (χ2n) is 4.49. The van der Waals surface area contributed by atoms with Crippen molar-refractivity contribution in [2.45, 2.75) is 20.8 Å². The first-order chi connectivity index (χ1) is 10.2. The fraction of sp³-hybridized carbons (Fsp3) is 0.375. The van der Waals surface area contributed by atoms with Crippen LogP contribution in [-0.2, 0) is 0 Å². The summed E-state index contributed by atoms with van der Waals surface area (Å²) < 4.78 is 10.7. The Hall–Kier alpha value is -2.48. The number of nitriles is 1. The second kappa shape index (κ2) is 6.31. The van der Waals surface area contributed by atoms with Crippen molar-refractivity contribution in [1.82, 2.24) is 0 Å². The highest BCUT2D eigenvalue weighted by atomic mass is 16.5. The quantitative estimate of drug-likeness (QED) is 0.791. The molecule has 0 aliphatic rings. The highest BCUT2D eigenvalue weighted by Gasteiger charge is 2.18. The zero-order valence-electron chi connectivity index (χ0n) is 12.5. The van der Waals surface area contributed by atoms with Crippen LogP contribution in [0.4, 0.5) is 5.69 Å². The Bertz CT molecular complexity index is 739. The number of hydrogen-bond acceptors (Lipinski definition) is 5. The summed E-state index contributed by atoms with van der Waals surface area (Å²) in [4.78, 5) is 14.0. The molecule has 2 aromatic rings. The number of rotatable bonds is 5. The number of nitrogens with zero attached hydrogens (tertiary/aromatic N) is 2. The molecule has 2 rings (SSSR count). The molecule has 0 radical (unpaired) electrons. The minimum atomic E-state index is -0.611. The van der Waals surface area contributed by atoms with Crippen LogP contribution in [0.3, 0.4) is 0 Å². The van der Waals surface area contributed by atoms with Crippen molar-refractivity contribution in [2.75, 3.05) is 24.6 Å². The lowest BCUT2D eigenvalue weighted by atomic mass is 10.1. The van der Waals surface area contributed by atoms with Crippen molar-refractivity contribution in [3.8, 4) is 11.8 Å². The maximum Gasteiger partial charge on any atom is 0.356 e. The van der Waals surface area contributed by atoms with E-state index >= 15 is 0 Å². The summed E-state index contributed by atoms with van der Waals surface area (Å²) in [6.07, 6.45) is 0. The molecular weight excluding hydrogens is 268 g/mol. The number of anilines is 1. The van der Waals surface area contributed by atoms with Crippen LogP contribution in [0.5, 0.6) is 5.75 Å². The Morgan fingerprint density at radius 1 is 1.29 bits per heavy atom. The molecule has 0 N–H and O–H groups in total. The Morgan fingerprint density at radius 3 is 2.57 bits per heavy atom. The molecule has 0 saturated carbocycles. The van der Waals surface area contributed by atoms with E-state index in [1.54, 1.807) is 6.07 Å². The third-order valence-electron chi connectivity index (χ3n) is 3.35. The van der Waals surface area contributed by atoms with Crippen LogP contribution >= 0.6 is 0 Å². The molecule has 5 heteroatoms. The van der Waals surface area contributed by atoms with Crippen molar-refractivity contribution in [2.24, 2.45) is 0 Å². The molecule has 1 aromatic carbocycles. The molecule has 1 aromatic heterocycles. The SMILES string of the molecule is CCOc1ccc2c(N(CC)CC)c(C#N)c(=O)oc2c1. The standard InChI is InChI=1S/C16H18N2O3/c1-4-18(5-2)15-12-8-7-11(20-6-3)9-14(12)21-16(19)13(15)10-17/h7-9H,4-6H2,1-3H3. The van der Waals surface area contributed by atoms with Gasteiger partial charge in [-0.15, -0.1) is 0 Å². The lowest BCUT2D eigenvalue weighted by molar-refractivity contribution is 0.340. The van der Waals surface area contributed by atoms with Gasteiger partial charge in [0.2, 0.25) is 0 Å². The van der Waals surface area contributed by atoms with Crippen LogP contribution in [0.25, 0.3) is 11.0 Å². The number of hydrogen-bond donors (Lipinski definition) is 0. The van der Waals surface area contributed by atoms with Gasteiger partial charge in [-0.2, -0.15) is 5.26 Å². The van der Waals surface area contributed by atoms with Crippen LogP contribution in [0.15, 0.2) is 27.4 Å². The van der Waals surface area contributed by atoms with E-state index in [0.29, 0.717) is 36.7 Å². The summed E-state index contributed by atoms with van der Waals surface area (Å²) >= 11 is 0. The zero-order chi connectivity index (χ0) is 15.4. The van der Waals surface area contributed by atoms with Crippen molar-refractivity contribution in [1.29, 1.82) is 5.26 Å². The fourth-order valence-corrected chi connectivity index (χ4v) is 2.39. The van der Waals surface area contributed by atoms with E-state index in [9.17, 15) is 10.1 Å². The molecule has 0 amide bonds. The van der Waals surface area contributed by atoms with E-state index in [4.69, 9.17) is 9.15 Å². The summed E-state index contributed by atoms with van der Waals surface area (Å²) in [7, 11) is 0. The topological polar surface area (TPSA) is 66.5 Å². The lowest BCUT2D eigenvalue weighted by Crippen LogP contribution is -2.25. The van der Waals surface area contributed by atoms with Crippen LogP contribution in [0.2, 0.25) is 0 Å². The number of ether oxygens (including phenoxy) is 1. The summed E-state index contributed by atoms with van der Waals surface area (Å²) in [6, 6.07) is 7.31. The average molecular weight is 286 g/mol. The largest absolute Gasteiger partial charge is 0.494 e. The number of fused-ring (bicyclic) bond motifs is 1. The van der Waals surface area contributed by atoms with E-state index < -0.39 is 5.63 Å². The Kier molecular flexibility index (Phi) is 4.49. The Labute approximate surface area is 123 Å². The first-order valence-corrected chi connectivity index (χ1v) is 7.04. The van der Waals surface area contributed by atoms with Gasteiger partial charge in [-0.25, -0.2) is 4.79 Å². The third-order valence-corrected chi connectivity index (χ3v) is 3.35. The first-order valence-electron chi connectivity index (χ1n) is 7.04. The summed E-state index contributed by atoms with van der Waals surface area (Å²) in [5.74, 6) is 0.642. The maximum absolute atomic E-state index is 12.0. The summed E-state index contributed by atoms with van der Waals surface area (Å²) in [6.45, 7) is 7.81. The molecule has 21 heavy (non-hydrogen) atoms. The van der Waals surface area contributed by atoms with Crippen molar-refractivity contribution >= 4 is 16.7 Å². The molecule has 0 unspecified atom stereocenters. The van der Waals surface area contributed by atoms with E-state index in [1.165, 1.54) is 0 Å². The molecule has 110 valence electrons. The molecule has 5 nitrogen and oxygen atoms in total. The summed E-state index contributed by atoms with van der Waals surface area (Å²) in [5.41, 5.74) is 0.513. The predicted molar refractivity (Wildman–Crippen MR) is 81.9 cm³/mol. The van der Waals surface area contributed by atoms with Crippen LogP contribution in [0, 0.1) is 11.3 Å². The molecule has 0 aliphatic heterocycles. The van der Waals surface area contributed by atoms with Crippen molar-refractivity contribution < 1.29 is 9.15 Å². The van der Waals surface area contributed by atoms with Gasteiger partial charge in [0.1, 0.15) is 17.4 Å². The molecule has 0 saturated heterocycles. The van der Waals surface area contributed by atoms with E-state index in [1.807, 2.05) is 43.9 Å². The van der Waals surface area contributed by atoms with Gasteiger partial charge >= 0.3 is 5.63 Å². The molecule has 0 bridgehead atoms. The van der Waals surface area contributed by atoms with E-state index in [-0.39, 0.29) is 5.56 Å². The van der Waals surface area contributed by atoms with Gasteiger partial charge in [-0.3, -0.25) is 0 Å². The minimum Gasteiger partial charge on any atom is -0.494 e. The lowest BCUT2D eigenvalue weighted by Gasteiger charge is -2.23. The Morgan fingerprint density at radius 2 is 2.00 bits per heavy atom. The van der Waals surface area contributed by atoms with Gasteiger partial charge in [0.05, 0.1) is 12.3 Å². The normalized spacial score (nSPS) is 10.4. The highest BCUT2D eigenvalue weighted by molar-refractivity contribution is 5.93. The zero-order valence-corrected chi connectivity index (χ0v) is 12.5. The van der Waals surface area contributed by atoms with Gasteiger partial charge in [0, 0.05) is 24.5 Å². The highest BCUT2D eigenvalue weighted by Crippen LogP contribution is 2.30. The minimum absolute atomic E-state index is 0.0513. The van der Waals surface area contributed by atoms with Crippen molar-refractivity contribution in [3.05, 3.63) is 34.2 Å². The third kappa shape index (κ3) is 2.70. The summed E-state index contributed by atoms with van der Waals surface area (Å²) in [5, 5.41) is 10.0. The van der Waals surface area contributed by atoms with Gasteiger partial charge in [0.25, 0.3) is 0 Å². The monoisotopic (exact) mass is 286 g/mol. The average Bonchev–Trinajstić information content (AvgIpc) is 2.48. The Balaban J connectivity index is 2.79. The molecule has 0 atom stereocenters. The van der Waals surface area contributed by atoms with E-state index in [2.05, 4.69) is 0 Å². The molecule has 0 spiro atoms. The second-order valence-corrected chi connectivity index (χ2v) is 4.49. The number of benzene rings is 1. The molecule has 0 fully saturated rings. The van der Waals surface area contributed by atoms with Crippen LogP contribution in [0.1, 0.15) is 26.3 Å². The smallest absolute Gasteiger partial charge is 0.356 e. The van der Waals surface area contributed by atoms with Crippen LogP contribution < -0.4 is 15.3 Å². The van der Waals surface area contributed by atoms with Gasteiger partial charge in [-0.05, 0) is 32.9 Å². The molecule has 0 aliphatic carbocycles. The molecular formula is C16H18N2O3.